The molecule has 1 saturated carbocycles. The van der Waals surface area contributed by atoms with Crippen molar-refractivity contribution >= 4 is 22.7 Å². The molecule has 2 aliphatic rings. The van der Waals surface area contributed by atoms with Crippen LogP contribution in [0.3, 0.4) is 0 Å². The van der Waals surface area contributed by atoms with E-state index in [2.05, 4.69) is 20.6 Å². The van der Waals surface area contributed by atoms with E-state index in [9.17, 15) is 36.6 Å². The van der Waals surface area contributed by atoms with Crippen LogP contribution in [0.1, 0.15) is 55.2 Å². The van der Waals surface area contributed by atoms with Crippen molar-refractivity contribution in [3.05, 3.63) is 83.4 Å². The Labute approximate surface area is 277 Å². The molecule has 2 aromatic heterocycles. The monoisotopic (exact) mass is 684 g/mol. The molecule has 0 radical (unpaired) electrons. The third-order valence-corrected chi connectivity index (χ3v) is 8.51. The Morgan fingerprint density at radius 2 is 1.76 bits per heavy atom. The van der Waals surface area contributed by atoms with Crippen molar-refractivity contribution in [3.63, 3.8) is 0 Å². The van der Waals surface area contributed by atoms with Crippen LogP contribution >= 0.6 is 0 Å². The van der Waals surface area contributed by atoms with Gasteiger partial charge in [-0.2, -0.15) is 13.2 Å². The van der Waals surface area contributed by atoms with E-state index in [1.165, 1.54) is 45.0 Å². The number of benzene rings is 2. The number of amides is 2. The molecule has 9 nitrogen and oxygen atoms in total. The van der Waals surface area contributed by atoms with Crippen LogP contribution in [0.5, 0.6) is 11.5 Å². The molecule has 0 spiro atoms. The fourth-order valence-corrected chi connectivity index (χ4v) is 5.46. The maximum absolute atomic E-state index is 14.9. The molecule has 14 heteroatoms. The molecule has 1 unspecified atom stereocenters. The number of nitrogens with zero attached hydrogens (tertiary/aromatic N) is 2. The predicted octanol–water partition coefficient (Wildman–Crippen LogP) is 5.67. The average molecular weight is 685 g/mol. The molecule has 49 heavy (non-hydrogen) atoms. The van der Waals surface area contributed by atoms with Gasteiger partial charge in [0, 0.05) is 28.3 Å². The van der Waals surface area contributed by atoms with Gasteiger partial charge in [-0.1, -0.05) is 6.07 Å². The van der Waals surface area contributed by atoms with Gasteiger partial charge in [-0.3, -0.25) is 14.6 Å². The Kier molecular flexibility index (Phi) is 8.50. The van der Waals surface area contributed by atoms with Gasteiger partial charge in [0.2, 0.25) is 11.5 Å². The zero-order valence-electron chi connectivity index (χ0n) is 26.8. The van der Waals surface area contributed by atoms with Crippen LogP contribution in [0, 0.1) is 5.82 Å². The van der Waals surface area contributed by atoms with Gasteiger partial charge in [-0.05, 0) is 82.1 Å². The predicted molar refractivity (Wildman–Crippen MR) is 168 cm³/mol. The van der Waals surface area contributed by atoms with Crippen molar-refractivity contribution in [3.8, 4) is 22.8 Å². The molecule has 1 aliphatic heterocycles. The summed E-state index contributed by atoms with van der Waals surface area (Å²) < 4.78 is 84.6. The van der Waals surface area contributed by atoms with E-state index in [0.717, 1.165) is 31.0 Å². The largest absolute Gasteiger partial charge is 0.489 e. The Morgan fingerprint density at radius 3 is 2.41 bits per heavy atom. The van der Waals surface area contributed by atoms with Crippen molar-refractivity contribution in [1.29, 1.82) is 0 Å². The molecule has 1 fully saturated rings. The van der Waals surface area contributed by atoms with Gasteiger partial charge < -0.3 is 25.2 Å². The summed E-state index contributed by atoms with van der Waals surface area (Å²) in [5.74, 6) is -2.06. The number of carbonyl (C=O) groups excluding carboxylic acids is 2. The molecular weight excluding hydrogens is 651 g/mol. The minimum atomic E-state index is -5.40. The van der Waals surface area contributed by atoms with Gasteiger partial charge in [0.15, 0.2) is 0 Å². The molecule has 3 N–H and O–H groups in total. The lowest BCUT2D eigenvalue weighted by Crippen LogP contribution is -2.52. The lowest BCUT2D eigenvalue weighted by molar-refractivity contribution is -0.265. The summed E-state index contributed by atoms with van der Waals surface area (Å²) >= 11 is 0. The van der Waals surface area contributed by atoms with Gasteiger partial charge in [0.1, 0.15) is 46.2 Å². The molecule has 2 aromatic carbocycles. The number of aliphatic hydroxyl groups is 1. The highest BCUT2D eigenvalue weighted by Crippen LogP contribution is 2.48. The molecular formula is C35H33F5N4O5. The molecule has 2 atom stereocenters. The first-order valence-electron chi connectivity index (χ1n) is 15.5. The number of rotatable bonds is 10. The van der Waals surface area contributed by atoms with E-state index >= 15 is 0 Å². The minimum absolute atomic E-state index is 0.0250. The zero-order chi connectivity index (χ0) is 35.4. The number of pyridine rings is 2. The van der Waals surface area contributed by atoms with Crippen LogP contribution in [-0.4, -0.2) is 64.5 Å². The lowest BCUT2D eigenvalue weighted by Gasteiger charge is -2.32. The van der Waals surface area contributed by atoms with E-state index < -0.39 is 59.3 Å². The van der Waals surface area contributed by atoms with Crippen LogP contribution in [-0.2, 0) is 15.8 Å². The van der Waals surface area contributed by atoms with Crippen LogP contribution in [0.25, 0.3) is 22.2 Å². The Bertz CT molecular complexity index is 1930. The third-order valence-electron chi connectivity index (χ3n) is 8.51. The van der Waals surface area contributed by atoms with Gasteiger partial charge in [0.25, 0.3) is 5.91 Å². The van der Waals surface area contributed by atoms with Crippen LogP contribution in [0.4, 0.5) is 22.0 Å². The van der Waals surface area contributed by atoms with Gasteiger partial charge in [-0.25, -0.2) is 13.8 Å². The highest BCUT2D eigenvalue weighted by atomic mass is 19.4. The molecule has 3 heterocycles. The smallest absolute Gasteiger partial charge is 0.424 e. The topological polar surface area (TPSA) is 123 Å². The van der Waals surface area contributed by atoms with E-state index in [4.69, 9.17) is 9.47 Å². The van der Waals surface area contributed by atoms with Crippen molar-refractivity contribution in [2.24, 2.45) is 0 Å². The molecule has 0 bridgehead atoms. The molecule has 2 amide bonds. The maximum Gasteiger partial charge on any atom is 0.424 e. The van der Waals surface area contributed by atoms with Crippen molar-refractivity contribution < 1.29 is 46.1 Å². The highest BCUT2D eigenvalue weighted by Gasteiger charge is 2.58. The second-order valence-corrected chi connectivity index (χ2v) is 13.2. The number of alkyl halides is 4. The Hall–Kier alpha value is -4.85. The summed E-state index contributed by atoms with van der Waals surface area (Å²) in [5, 5.41) is 16.6. The number of fused-ring (bicyclic) bond motifs is 2. The second-order valence-electron chi connectivity index (χ2n) is 13.2. The van der Waals surface area contributed by atoms with Gasteiger partial charge in [0.05, 0.1) is 24.9 Å². The summed E-state index contributed by atoms with van der Waals surface area (Å²) in [5.41, 5.74) is -7.83. The Balaban J connectivity index is 1.40. The van der Waals surface area contributed by atoms with Gasteiger partial charge in [-0.15, -0.1) is 0 Å². The normalized spacial score (nSPS) is 18.7. The molecule has 1 aliphatic carbocycles. The van der Waals surface area contributed by atoms with E-state index in [1.54, 1.807) is 18.3 Å². The van der Waals surface area contributed by atoms with E-state index in [0.29, 0.717) is 16.7 Å². The summed E-state index contributed by atoms with van der Waals surface area (Å²) in [6.45, 7) is 1.79. The van der Waals surface area contributed by atoms with E-state index in [-0.39, 0.29) is 40.8 Å². The molecule has 0 saturated heterocycles. The standard InChI is InChI=1S/C35H33F5N4O5/c1-32(2,37)16-43-31(46)33(3)18-48-29-24(33)15-26(44-28(29)19-6-8-22(36)9-7-19)34(47,35(38,39)40)17-42-30(45)21-13-20-5-4-12-41-27(20)25(14-21)49-23-10-11-23/h4-9,12-15,23,47H,10-11,16-18H2,1-3H3,(H,42,45)(H,43,46)/t33-,34?/m0/s1. The molecule has 4 aromatic rings. The van der Waals surface area contributed by atoms with Crippen LogP contribution in [0.15, 0.2) is 60.8 Å². The number of halogens is 5. The van der Waals surface area contributed by atoms with Gasteiger partial charge >= 0.3 is 6.18 Å². The van der Waals surface area contributed by atoms with Crippen molar-refractivity contribution in [2.45, 2.75) is 62.6 Å². The second kappa shape index (κ2) is 12.2. The summed E-state index contributed by atoms with van der Waals surface area (Å²) in [6.07, 6.45) is -2.27. The number of ether oxygens (including phenoxy) is 2. The minimum Gasteiger partial charge on any atom is -0.489 e. The first-order chi connectivity index (χ1) is 23.0. The summed E-state index contributed by atoms with van der Waals surface area (Å²) in [7, 11) is 0. The zero-order valence-corrected chi connectivity index (χ0v) is 26.8. The molecule has 6 rings (SSSR count). The van der Waals surface area contributed by atoms with E-state index in [1.807, 2.05) is 0 Å². The highest BCUT2D eigenvalue weighted by molar-refractivity contribution is 6.00. The van der Waals surface area contributed by atoms with Crippen LogP contribution in [0.2, 0.25) is 0 Å². The number of nitrogens with one attached hydrogen (secondary N) is 2. The third kappa shape index (κ3) is 6.74. The van der Waals surface area contributed by atoms with Crippen LogP contribution < -0.4 is 20.1 Å². The first kappa shape index (κ1) is 34.0. The average Bonchev–Trinajstić information content (AvgIpc) is 3.81. The lowest BCUT2D eigenvalue weighted by atomic mass is 9.81. The fourth-order valence-electron chi connectivity index (χ4n) is 5.46. The number of carbonyl (C=O) groups is 2. The summed E-state index contributed by atoms with van der Waals surface area (Å²) in [6, 6.07) is 11.7. The van der Waals surface area contributed by atoms with Crippen molar-refractivity contribution in [1.82, 2.24) is 20.6 Å². The maximum atomic E-state index is 14.9. The van der Waals surface area contributed by atoms with Crippen molar-refractivity contribution in [2.75, 3.05) is 19.7 Å². The molecule has 258 valence electrons. The number of aromatic nitrogens is 2. The number of hydrogen-bond acceptors (Lipinski definition) is 7. The SMILES string of the molecule is CC(C)(F)CNC(=O)[C@@]1(C)COc2c1cc(C(O)(CNC(=O)c1cc(OC3CC3)c3ncccc3c1)C(F)(F)F)nc2-c1ccc(F)cc1. The Morgan fingerprint density at radius 1 is 1.04 bits per heavy atom. The quantitative estimate of drug-likeness (QED) is 0.184. The fraction of sp³-hybridized carbons (Fsp3) is 0.371. The number of hydrogen-bond donors (Lipinski definition) is 3. The first-order valence-corrected chi connectivity index (χ1v) is 15.5. The summed E-state index contributed by atoms with van der Waals surface area (Å²) in [4.78, 5) is 35.2.